The highest BCUT2D eigenvalue weighted by Gasteiger charge is 2.17. The molecule has 0 fully saturated rings. The van der Waals surface area contributed by atoms with Crippen LogP contribution in [-0.4, -0.2) is 34.2 Å². The number of thiocarbonyl (C=S) groups is 1. The Labute approximate surface area is 142 Å². The van der Waals surface area contributed by atoms with Crippen LogP contribution < -0.4 is 10.7 Å². The molecule has 2 rings (SSSR count). The number of halogens is 1. The van der Waals surface area contributed by atoms with Gasteiger partial charge >= 0.3 is 5.97 Å². The fourth-order valence-electron chi connectivity index (χ4n) is 1.90. The lowest BCUT2D eigenvalue weighted by molar-refractivity contribution is 0.0689. The predicted molar refractivity (Wildman–Crippen MR) is 91.3 cm³/mol. The number of nitrogens with zero attached hydrogens (tertiary/aromatic N) is 1. The summed E-state index contributed by atoms with van der Waals surface area (Å²) in [6.07, 6.45) is 0. The number of carbonyl (C=O) groups is 2. The van der Waals surface area contributed by atoms with Crippen LogP contribution in [0.25, 0.3) is 0 Å². The van der Waals surface area contributed by atoms with Gasteiger partial charge < -0.3 is 10.4 Å². The number of hydrogen-bond acceptors (Lipinski definition) is 3. The van der Waals surface area contributed by atoms with E-state index in [4.69, 9.17) is 17.3 Å². The summed E-state index contributed by atoms with van der Waals surface area (Å²) >= 11 is 5.12. The number of hydrazine groups is 1. The molecule has 8 heteroatoms. The molecule has 0 aliphatic heterocycles. The van der Waals surface area contributed by atoms with Gasteiger partial charge in [0, 0.05) is 12.7 Å². The van der Waals surface area contributed by atoms with Gasteiger partial charge in [-0.2, -0.15) is 0 Å². The van der Waals surface area contributed by atoms with Crippen molar-refractivity contribution < 1.29 is 19.1 Å². The fraction of sp³-hybridized carbons (Fsp3) is 0.0625. The summed E-state index contributed by atoms with van der Waals surface area (Å²) in [5, 5.41) is 13.2. The highest BCUT2D eigenvalue weighted by molar-refractivity contribution is 7.80. The third-order valence-corrected chi connectivity index (χ3v) is 3.43. The Kier molecular flexibility index (Phi) is 5.43. The maximum Gasteiger partial charge on any atom is 0.336 e. The van der Waals surface area contributed by atoms with Crippen LogP contribution in [-0.2, 0) is 0 Å². The summed E-state index contributed by atoms with van der Waals surface area (Å²) in [6.45, 7) is 0. The van der Waals surface area contributed by atoms with Crippen molar-refractivity contribution in [2.45, 2.75) is 0 Å². The quantitative estimate of drug-likeness (QED) is 0.585. The van der Waals surface area contributed by atoms with Crippen LogP contribution in [0.4, 0.5) is 10.1 Å². The molecule has 0 saturated carbocycles. The lowest BCUT2D eigenvalue weighted by Crippen LogP contribution is -2.45. The van der Waals surface area contributed by atoms with Crippen molar-refractivity contribution in [3.05, 3.63) is 65.5 Å². The van der Waals surface area contributed by atoms with E-state index in [1.165, 1.54) is 48.5 Å². The van der Waals surface area contributed by atoms with Gasteiger partial charge in [0.15, 0.2) is 5.11 Å². The van der Waals surface area contributed by atoms with Gasteiger partial charge in [-0.3, -0.25) is 15.2 Å². The maximum absolute atomic E-state index is 13.1. The molecular weight excluding hydrogens is 333 g/mol. The summed E-state index contributed by atoms with van der Waals surface area (Å²) in [5.74, 6) is -2.26. The largest absolute Gasteiger partial charge is 0.478 e. The molecule has 0 aliphatic rings. The summed E-state index contributed by atoms with van der Waals surface area (Å²) in [6, 6.07) is 11.5. The average molecular weight is 347 g/mol. The van der Waals surface area contributed by atoms with Crippen molar-refractivity contribution in [2.75, 3.05) is 12.4 Å². The molecule has 2 aromatic rings. The van der Waals surface area contributed by atoms with Gasteiger partial charge in [-0.1, -0.05) is 18.2 Å². The van der Waals surface area contributed by atoms with Crippen LogP contribution in [0, 0.1) is 5.82 Å². The molecule has 24 heavy (non-hydrogen) atoms. The Bertz CT molecular complexity index is 798. The van der Waals surface area contributed by atoms with Gasteiger partial charge in [0.25, 0.3) is 5.91 Å². The smallest absolute Gasteiger partial charge is 0.336 e. The number of carboxylic acid groups (broad SMARTS) is 1. The Balaban J connectivity index is 2.06. The zero-order valence-corrected chi connectivity index (χ0v) is 13.4. The second-order valence-electron chi connectivity index (χ2n) is 4.79. The SMILES string of the molecule is CN(NC(=O)c1ccccc1C(=O)O)C(=S)Nc1cccc(F)c1. The number of aromatic carboxylic acids is 1. The van der Waals surface area contributed by atoms with E-state index < -0.39 is 17.7 Å². The summed E-state index contributed by atoms with van der Waals surface area (Å²) in [7, 11) is 1.48. The van der Waals surface area contributed by atoms with Crippen molar-refractivity contribution in [3.63, 3.8) is 0 Å². The minimum atomic E-state index is -1.20. The van der Waals surface area contributed by atoms with Crippen LogP contribution in [0.2, 0.25) is 0 Å². The molecule has 0 heterocycles. The third-order valence-electron chi connectivity index (χ3n) is 3.05. The first-order valence-electron chi connectivity index (χ1n) is 6.82. The van der Waals surface area contributed by atoms with Crippen molar-refractivity contribution in [1.82, 2.24) is 10.4 Å². The van der Waals surface area contributed by atoms with Crippen molar-refractivity contribution in [3.8, 4) is 0 Å². The van der Waals surface area contributed by atoms with E-state index in [0.717, 1.165) is 0 Å². The summed E-state index contributed by atoms with van der Waals surface area (Å²) in [4.78, 5) is 23.4. The highest BCUT2D eigenvalue weighted by Crippen LogP contribution is 2.11. The molecule has 0 saturated heterocycles. The van der Waals surface area contributed by atoms with E-state index in [9.17, 15) is 14.0 Å². The summed E-state index contributed by atoms with van der Waals surface area (Å²) in [5.41, 5.74) is 2.77. The summed E-state index contributed by atoms with van der Waals surface area (Å²) < 4.78 is 13.1. The molecule has 0 atom stereocenters. The molecule has 0 radical (unpaired) electrons. The minimum Gasteiger partial charge on any atom is -0.478 e. The second-order valence-corrected chi connectivity index (χ2v) is 5.18. The van der Waals surface area contributed by atoms with E-state index in [2.05, 4.69) is 10.7 Å². The number of benzene rings is 2. The fourth-order valence-corrected chi connectivity index (χ4v) is 2.07. The molecule has 0 spiro atoms. The van der Waals surface area contributed by atoms with Gasteiger partial charge in [0.1, 0.15) is 5.82 Å². The molecule has 0 bridgehead atoms. The van der Waals surface area contributed by atoms with Crippen LogP contribution in [0.5, 0.6) is 0 Å². The number of anilines is 1. The first kappa shape index (κ1) is 17.4. The van der Waals surface area contributed by atoms with Gasteiger partial charge in [-0.15, -0.1) is 0 Å². The Morgan fingerprint density at radius 2 is 1.79 bits per heavy atom. The van der Waals surface area contributed by atoms with Crippen molar-refractivity contribution in [1.29, 1.82) is 0 Å². The Morgan fingerprint density at radius 3 is 2.42 bits per heavy atom. The van der Waals surface area contributed by atoms with Gasteiger partial charge in [0.2, 0.25) is 0 Å². The number of amides is 1. The molecule has 1 amide bonds. The maximum atomic E-state index is 13.1. The first-order chi connectivity index (χ1) is 11.4. The van der Waals surface area contributed by atoms with Gasteiger partial charge in [-0.25, -0.2) is 9.18 Å². The minimum absolute atomic E-state index is 0.00501. The lowest BCUT2D eigenvalue weighted by Gasteiger charge is -2.22. The number of rotatable bonds is 3. The van der Waals surface area contributed by atoms with E-state index in [-0.39, 0.29) is 16.2 Å². The van der Waals surface area contributed by atoms with E-state index in [0.29, 0.717) is 5.69 Å². The lowest BCUT2D eigenvalue weighted by atomic mass is 10.1. The number of carboxylic acids is 1. The van der Waals surface area contributed by atoms with Crippen LogP contribution in [0.1, 0.15) is 20.7 Å². The predicted octanol–water partition coefficient (Wildman–Crippen LogP) is 2.50. The highest BCUT2D eigenvalue weighted by atomic mass is 32.1. The monoisotopic (exact) mass is 347 g/mol. The van der Waals surface area contributed by atoms with E-state index >= 15 is 0 Å². The molecule has 0 unspecified atom stereocenters. The average Bonchev–Trinajstić information content (AvgIpc) is 2.54. The van der Waals surface area contributed by atoms with Crippen LogP contribution in [0.3, 0.4) is 0 Å². The molecule has 3 N–H and O–H groups in total. The first-order valence-corrected chi connectivity index (χ1v) is 7.23. The Hall–Kier alpha value is -3.00. The van der Waals surface area contributed by atoms with Gasteiger partial charge in [-0.05, 0) is 42.5 Å². The van der Waals surface area contributed by atoms with Gasteiger partial charge in [0.05, 0.1) is 11.1 Å². The molecule has 0 aromatic heterocycles. The molecule has 0 aliphatic carbocycles. The third kappa shape index (κ3) is 4.26. The number of nitrogens with one attached hydrogen (secondary N) is 2. The molecule has 2 aromatic carbocycles. The second kappa shape index (κ2) is 7.51. The molecule has 6 nitrogen and oxygen atoms in total. The molecule has 124 valence electrons. The number of hydrogen-bond donors (Lipinski definition) is 3. The molecular formula is C16H14FN3O3S. The topological polar surface area (TPSA) is 81.7 Å². The van der Waals surface area contributed by atoms with E-state index in [1.54, 1.807) is 12.1 Å². The van der Waals surface area contributed by atoms with Crippen LogP contribution in [0.15, 0.2) is 48.5 Å². The van der Waals surface area contributed by atoms with E-state index in [1.807, 2.05) is 0 Å². The van der Waals surface area contributed by atoms with Crippen molar-refractivity contribution in [2.24, 2.45) is 0 Å². The van der Waals surface area contributed by atoms with Crippen molar-refractivity contribution >= 4 is 34.9 Å². The zero-order chi connectivity index (χ0) is 17.7. The number of carbonyl (C=O) groups excluding carboxylic acids is 1. The standard InChI is InChI=1S/C16H14FN3O3S/c1-20(16(24)18-11-6-4-5-10(17)9-11)19-14(21)12-7-2-3-8-13(12)15(22)23/h2-9H,1H3,(H,18,24)(H,19,21)(H,22,23). The van der Waals surface area contributed by atoms with Crippen LogP contribution >= 0.6 is 12.2 Å². The normalized spacial score (nSPS) is 9.92. The zero-order valence-electron chi connectivity index (χ0n) is 12.6. The Morgan fingerprint density at radius 1 is 1.12 bits per heavy atom.